The van der Waals surface area contributed by atoms with Crippen LogP contribution in [0.4, 0.5) is 4.39 Å². The molecule has 0 aliphatic carbocycles. The molecule has 0 aliphatic heterocycles. The number of benzene rings is 1. The molecular weight excluding hydrogens is 341 g/mol. The molecule has 0 spiro atoms. The van der Waals surface area contributed by atoms with Gasteiger partial charge in [-0.2, -0.15) is 0 Å². The van der Waals surface area contributed by atoms with Crippen molar-refractivity contribution in [1.82, 2.24) is 9.97 Å². The third kappa shape index (κ3) is 2.32. The molecule has 2 nitrogen and oxygen atoms in total. The van der Waals surface area contributed by atoms with Gasteiger partial charge in [0.2, 0.25) is 0 Å². The van der Waals surface area contributed by atoms with E-state index in [-0.39, 0.29) is 5.82 Å². The van der Waals surface area contributed by atoms with Crippen molar-refractivity contribution in [3.63, 3.8) is 0 Å². The highest BCUT2D eigenvalue weighted by atomic mass is 127. The molecule has 0 aliphatic rings. The van der Waals surface area contributed by atoms with Gasteiger partial charge in [-0.25, -0.2) is 14.4 Å². The van der Waals surface area contributed by atoms with Gasteiger partial charge < -0.3 is 0 Å². The van der Waals surface area contributed by atoms with Gasteiger partial charge in [0.1, 0.15) is 11.0 Å². The molecule has 5 heteroatoms. The smallest absolute Gasteiger partial charge is 0.160 e. The lowest BCUT2D eigenvalue weighted by Gasteiger charge is -2.03. The highest BCUT2D eigenvalue weighted by Gasteiger charge is 2.06. The molecule has 82 valence electrons. The van der Waals surface area contributed by atoms with Crippen LogP contribution < -0.4 is 0 Å². The quantitative estimate of drug-likeness (QED) is 0.578. The minimum absolute atomic E-state index is 0.236. The fraction of sp³-hybridized carbons (Fsp3) is 0.0909. The minimum Gasteiger partial charge on any atom is -0.235 e. The van der Waals surface area contributed by atoms with Crippen LogP contribution in [0, 0.1) is 16.3 Å². The van der Waals surface area contributed by atoms with Crippen LogP contribution in [0.15, 0.2) is 24.4 Å². The molecule has 0 bridgehead atoms. The zero-order valence-electron chi connectivity index (χ0n) is 8.34. The molecule has 1 aromatic carbocycles. The summed E-state index contributed by atoms with van der Waals surface area (Å²) in [5, 5.41) is 0.410. The Balaban J connectivity index is 2.50. The Labute approximate surface area is 111 Å². The van der Waals surface area contributed by atoms with E-state index in [1.165, 1.54) is 6.07 Å². The predicted molar refractivity (Wildman–Crippen MR) is 69.9 cm³/mol. The topological polar surface area (TPSA) is 25.8 Å². The Bertz CT molecular complexity index is 496. The Morgan fingerprint density at radius 2 is 2.12 bits per heavy atom. The van der Waals surface area contributed by atoms with Gasteiger partial charge in [0.05, 0.1) is 3.57 Å². The average molecular weight is 349 g/mol. The van der Waals surface area contributed by atoms with Crippen molar-refractivity contribution in [2.24, 2.45) is 0 Å². The zero-order valence-corrected chi connectivity index (χ0v) is 11.3. The number of hydrogen-bond donors (Lipinski definition) is 0. The van der Waals surface area contributed by atoms with Gasteiger partial charge in [-0.15, -0.1) is 0 Å². The van der Waals surface area contributed by atoms with Crippen molar-refractivity contribution in [2.75, 3.05) is 0 Å². The second kappa shape index (κ2) is 4.63. The normalized spacial score (nSPS) is 10.5. The number of rotatable bonds is 1. The van der Waals surface area contributed by atoms with Crippen LogP contribution in [0.3, 0.4) is 0 Å². The lowest BCUT2D eigenvalue weighted by molar-refractivity contribution is 0.618. The van der Waals surface area contributed by atoms with Crippen molar-refractivity contribution in [1.29, 1.82) is 0 Å². The third-order valence-corrected chi connectivity index (χ3v) is 3.51. The number of nitrogens with zero attached hydrogens (tertiary/aromatic N) is 2. The van der Waals surface area contributed by atoms with Gasteiger partial charge in [0.25, 0.3) is 0 Å². The fourth-order valence-corrected chi connectivity index (χ4v) is 1.66. The van der Waals surface area contributed by atoms with Crippen molar-refractivity contribution < 1.29 is 4.39 Å². The van der Waals surface area contributed by atoms with E-state index in [0.29, 0.717) is 16.5 Å². The number of aromatic nitrogens is 2. The van der Waals surface area contributed by atoms with Crippen LogP contribution in [0.1, 0.15) is 5.56 Å². The molecule has 0 atom stereocenters. The summed E-state index contributed by atoms with van der Waals surface area (Å²) in [6, 6.07) is 4.74. The molecule has 1 aromatic heterocycles. The molecular formula is C11H7ClFIN2. The molecule has 0 saturated heterocycles. The summed E-state index contributed by atoms with van der Waals surface area (Å²) in [6.07, 6.45) is 1.64. The van der Waals surface area contributed by atoms with Crippen LogP contribution in [0.5, 0.6) is 0 Å². The zero-order chi connectivity index (χ0) is 11.7. The molecule has 16 heavy (non-hydrogen) atoms. The number of aryl methyl sites for hydroxylation is 1. The monoisotopic (exact) mass is 348 g/mol. The fourth-order valence-electron chi connectivity index (χ4n) is 1.27. The maximum Gasteiger partial charge on any atom is 0.160 e. The van der Waals surface area contributed by atoms with Crippen molar-refractivity contribution in [3.05, 3.63) is 44.5 Å². The highest BCUT2D eigenvalue weighted by Crippen LogP contribution is 2.22. The largest absolute Gasteiger partial charge is 0.235 e. The van der Waals surface area contributed by atoms with Gasteiger partial charge in [0, 0.05) is 11.8 Å². The predicted octanol–water partition coefficient (Wildman–Crippen LogP) is 3.85. The van der Waals surface area contributed by atoms with Gasteiger partial charge in [0.15, 0.2) is 5.82 Å². The van der Waals surface area contributed by atoms with Crippen LogP contribution in [-0.2, 0) is 0 Å². The molecule has 1 heterocycles. The summed E-state index contributed by atoms with van der Waals surface area (Å²) < 4.78 is 13.9. The van der Waals surface area contributed by atoms with E-state index in [1.807, 2.05) is 0 Å². The number of halogens is 3. The molecule has 2 aromatic rings. The molecule has 0 fully saturated rings. The van der Waals surface area contributed by atoms with Gasteiger partial charge >= 0.3 is 0 Å². The van der Waals surface area contributed by atoms with Gasteiger partial charge in [-0.3, -0.25) is 0 Å². The molecule has 0 N–H and O–H groups in total. The first-order chi connectivity index (χ1) is 7.58. The Morgan fingerprint density at radius 1 is 1.38 bits per heavy atom. The average Bonchev–Trinajstić information content (AvgIpc) is 2.26. The SMILES string of the molecule is Cc1cc(-c2ncc(I)c(Cl)n2)ccc1F. The van der Waals surface area contributed by atoms with Crippen molar-refractivity contribution in [3.8, 4) is 11.4 Å². The number of hydrogen-bond acceptors (Lipinski definition) is 2. The summed E-state index contributed by atoms with van der Waals surface area (Å²) in [6.45, 7) is 1.70. The minimum atomic E-state index is -0.236. The molecule has 2 rings (SSSR count). The maximum absolute atomic E-state index is 13.1. The molecule has 0 amide bonds. The summed E-state index contributed by atoms with van der Waals surface area (Å²) in [5.41, 5.74) is 1.33. The van der Waals surface area contributed by atoms with Crippen LogP contribution in [0.2, 0.25) is 5.15 Å². The Hall–Kier alpha value is -0.750. The summed E-state index contributed by atoms with van der Waals surface area (Å²) >= 11 is 7.96. The Kier molecular flexibility index (Phi) is 3.39. The van der Waals surface area contributed by atoms with E-state index in [9.17, 15) is 4.39 Å². The first-order valence-electron chi connectivity index (χ1n) is 4.52. The molecule has 0 radical (unpaired) electrons. The van der Waals surface area contributed by atoms with Crippen molar-refractivity contribution in [2.45, 2.75) is 6.92 Å². The summed E-state index contributed by atoms with van der Waals surface area (Å²) in [4.78, 5) is 8.29. The first kappa shape index (κ1) is 11.7. The highest BCUT2D eigenvalue weighted by molar-refractivity contribution is 14.1. The van der Waals surface area contributed by atoms with Crippen molar-refractivity contribution >= 4 is 34.2 Å². The first-order valence-corrected chi connectivity index (χ1v) is 5.98. The Morgan fingerprint density at radius 3 is 2.75 bits per heavy atom. The second-order valence-corrected chi connectivity index (χ2v) is 4.82. The van der Waals surface area contributed by atoms with E-state index in [2.05, 4.69) is 32.6 Å². The molecule has 0 saturated carbocycles. The maximum atomic E-state index is 13.1. The third-order valence-electron chi connectivity index (χ3n) is 2.12. The van der Waals surface area contributed by atoms with E-state index in [1.54, 1.807) is 25.3 Å². The van der Waals surface area contributed by atoms with E-state index >= 15 is 0 Å². The summed E-state index contributed by atoms with van der Waals surface area (Å²) in [5.74, 6) is 0.272. The van der Waals surface area contributed by atoms with Crippen LogP contribution in [0.25, 0.3) is 11.4 Å². The van der Waals surface area contributed by atoms with Crippen LogP contribution in [-0.4, -0.2) is 9.97 Å². The lowest BCUT2D eigenvalue weighted by atomic mass is 10.1. The van der Waals surface area contributed by atoms with Crippen LogP contribution >= 0.6 is 34.2 Å². The van der Waals surface area contributed by atoms with E-state index < -0.39 is 0 Å². The summed E-state index contributed by atoms with van der Waals surface area (Å²) in [7, 11) is 0. The van der Waals surface area contributed by atoms with E-state index in [4.69, 9.17) is 11.6 Å². The second-order valence-electron chi connectivity index (χ2n) is 3.30. The van der Waals surface area contributed by atoms with E-state index in [0.717, 1.165) is 9.13 Å². The standard InChI is InChI=1S/C11H7ClFIN2/c1-6-4-7(2-3-8(6)13)11-15-5-9(14)10(12)16-11/h2-5H,1H3. The molecule has 0 unspecified atom stereocenters. The van der Waals surface area contributed by atoms with Gasteiger partial charge in [-0.1, -0.05) is 11.6 Å². The van der Waals surface area contributed by atoms with Gasteiger partial charge in [-0.05, 0) is 53.3 Å². The lowest BCUT2D eigenvalue weighted by Crippen LogP contribution is -1.92.